The Morgan fingerprint density at radius 2 is 1.92 bits per heavy atom. The molecule has 0 spiro atoms. The van der Waals surface area contributed by atoms with E-state index in [2.05, 4.69) is 4.98 Å². The third kappa shape index (κ3) is 3.35. The molecule has 0 saturated heterocycles. The number of aromatic nitrogens is 1. The van der Waals surface area contributed by atoms with Crippen LogP contribution in [0.5, 0.6) is 0 Å². The zero-order chi connectivity index (χ0) is 18.2. The topological polar surface area (TPSA) is 36.4 Å². The van der Waals surface area contributed by atoms with Crippen LogP contribution >= 0.6 is 0 Å². The van der Waals surface area contributed by atoms with Crippen LogP contribution in [0.4, 0.5) is 23.2 Å². The van der Waals surface area contributed by atoms with Crippen LogP contribution < -0.4 is 4.90 Å². The normalized spacial score (nSPS) is 15.0. The molecule has 0 aliphatic carbocycles. The average molecular weight is 350 g/mol. The van der Waals surface area contributed by atoms with Gasteiger partial charge in [0.05, 0.1) is 11.3 Å². The van der Waals surface area contributed by atoms with Crippen molar-refractivity contribution in [2.45, 2.75) is 13.1 Å². The van der Waals surface area contributed by atoms with Crippen LogP contribution in [0.2, 0.25) is 0 Å². The van der Waals surface area contributed by atoms with Crippen molar-refractivity contribution in [1.82, 2.24) is 4.98 Å². The molecule has 1 aliphatic heterocycles. The van der Waals surface area contributed by atoms with E-state index in [0.717, 1.165) is 12.1 Å². The number of benzene rings is 1. The first-order chi connectivity index (χ1) is 11.8. The lowest BCUT2D eigenvalue weighted by molar-refractivity contribution is -0.139. The number of alkyl halides is 3. The van der Waals surface area contributed by atoms with Gasteiger partial charge in [0.25, 0.3) is 0 Å². The highest BCUT2D eigenvalue weighted by Gasteiger charge is 2.35. The summed E-state index contributed by atoms with van der Waals surface area (Å²) in [4.78, 5) is 5.58. The van der Waals surface area contributed by atoms with Gasteiger partial charge in [-0.05, 0) is 43.3 Å². The van der Waals surface area contributed by atoms with E-state index in [1.54, 1.807) is 31.3 Å². The van der Waals surface area contributed by atoms with Crippen LogP contribution in [-0.4, -0.2) is 16.6 Å². The molecule has 0 fully saturated rings. The van der Waals surface area contributed by atoms with Crippen molar-refractivity contribution in [2.75, 3.05) is 11.4 Å². The van der Waals surface area contributed by atoms with Crippen molar-refractivity contribution in [3.8, 4) is 0 Å². The molecule has 7 heteroatoms. The molecule has 0 unspecified atom stereocenters. The number of rotatable bonds is 2. The molecular formula is C18H14F4N2O. The Labute approximate surface area is 141 Å². The summed E-state index contributed by atoms with van der Waals surface area (Å²) in [7, 11) is 0. The Hall–Kier alpha value is -2.83. The van der Waals surface area contributed by atoms with E-state index in [1.165, 1.54) is 17.0 Å². The van der Waals surface area contributed by atoms with Crippen LogP contribution in [0.1, 0.15) is 16.8 Å². The lowest BCUT2D eigenvalue weighted by Crippen LogP contribution is -2.26. The van der Waals surface area contributed by atoms with Crippen molar-refractivity contribution in [2.24, 2.45) is 0 Å². The van der Waals surface area contributed by atoms with Gasteiger partial charge in [-0.25, -0.2) is 4.39 Å². The molecule has 1 N–H and O–H groups in total. The summed E-state index contributed by atoms with van der Waals surface area (Å²) in [6.07, 6.45) is -0.155. The number of aliphatic hydroxyl groups excluding tert-OH is 1. The quantitative estimate of drug-likeness (QED) is 0.787. The zero-order valence-electron chi connectivity index (χ0n) is 13.2. The van der Waals surface area contributed by atoms with Gasteiger partial charge in [0.1, 0.15) is 11.6 Å². The fraction of sp³-hybridized carbons (Fsp3) is 0.167. The number of aliphatic hydroxyl groups is 1. The monoisotopic (exact) mass is 350 g/mol. The standard InChI is InChI=1S/C18H14F4N2O/c1-11-9-12(6-7-23-11)17-16(25)3-2-8-24(17)13-4-5-15(19)14(10-13)18(20,21)22/h2-7,9-10,25H,8H2,1H3. The third-order valence-electron chi connectivity index (χ3n) is 3.81. The maximum absolute atomic E-state index is 13.6. The molecule has 1 aliphatic rings. The lowest BCUT2D eigenvalue weighted by atomic mass is 10.0. The third-order valence-corrected chi connectivity index (χ3v) is 3.81. The molecule has 3 nitrogen and oxygen atoms in total. The number of allylic oxidation sites excluding steroid dienone is 1. The average Bonchev–Trinajstić information content (AvgIpc) is 2.54. The van der Waals surface area contributed by atoms with Gasteiger partial charge in [-0.1, -0.05) is 6.08 Å². The van der Waals surface area contributed by atoms with Crippen LogP contribution in [-0.2, 0) is 6.18 Å². The predicted molar refractivity (Wildman–Crippen MR) is 86.4 cm³/mol. The highest BCUT2D eigenvalue weighted by Crippen LogP contribution is 2.37. The van der Waals surface area contributed by atoms with E-state index in [9.17, 15) is 22.7 Å². The van der Waals surface area contributed by atoms with Crippen molar-refractivity contribution >= 4 is 11.4 Å². The minimum absolute atomic E-state index is 0.0882. The SMILES string of the molecule is Cc1cc(C2=C(O)C=CCN2c2ccc(F)c(C(F)(F)F)c2)ccn1. The van der Waals surface area contributed by atoms with Gasteiger partial charge in [0.2, 0.25) is 0 Å². The molecule has 3 rings (SSSR count). The summed E-state index contributed by atoms with van der Waals surface area (Å²) in [5, 5.41) is 10.3. The van der Waals surface area contributed by atoms with Crippen molar-refractivity contribution in [3.63, 3.8) is 0 Å². The van der Waals surface area contributed by atoms with Crippen molar-refractivity contribution in [3.05, 3.63) is 77.1 Å². The molecule has 1 aromatic heterocycles. The molecule has 2 heterocycles. The second-order valence-corrected chi connectivity index (χ2v) is 5.59. The number of nitrogens with zero attached hydrogens (tertiary/aromatic N) is 2. The van der Waals surface area contributed by atoms with E-state index in [4.69, 9.17) is 0 Å². The number of anilines is 1. The Balaban J connectivity index is 2.12. The molecular weight excluding hydrogens is 336 g/mol. The summed E-state index contributed by atoms with van der Waals surface area (Å²) >= 11 is 0. The highest BCUT2D eigenvalue weighted by molar-refractivity contribution is 5.83. The van der Waals surface area contributed by atoms with E-state index >= 15 is 0 Å². The maximum Gasteiger partial charge on any atom is 0.419 e. The molecule has 0 radical (unpaired) electrons. The van der Waals surface area contributed by atoms with Crippen molar-refractivity contribution in [1.29, 1.82) is 0 Å². The number of halogens is 4. The molecule has 0 atom stereocenters. The van der Waals surface area contributed by atoms with Gasteiger partial charge >= 0.3 is 6.18 Å². The second kappa shape index (κ2) is 6.23. The van der Waals surface area contributed by atoms with E-state index in [-0.39, 0.29) is 18.0 Å². The number of hydrogen-bond donors (Lipinski definition) is 1. The summed E-state index contributed by atoms with van der Waals surface area (Å²) in [6, 6.07) is 6.15. The number of aryl methyl sites for hydroxylation is 1. The second-order valence-electron chi connectivity index (χ2n) is 5.59. The summed E-state index contributed by atoms with van der Waals surface area (Å²) in [5.41, 5.74) is 0.431. The van der Waals surface area contributed by atoms with Crippen LogP contribution in [0.25, 0.3) is 5.70 Å². The Bertz CT molecular complexity index is 872. The van der Waals surface area contributed by atoms with Crippen LogP contribution in [0.15, 0.2) is 54.4 Å². The van der Waals surface area contributed by atoms with E-state index in [0.29, 0.717) is 17.0 Å². The molecule has 0 bridgehead atoms. The number of hydrogen-bond acceptors (Lipinski definition) is 3. The smallest absolute Gasteiger partial charge is 0.419 e. The fourth-order valence-corrected chi connectivity index (χ4v) is 2.71. The zero-order valence-corrected chi connectivity index (χ0v) is 13.2. The molecule has 0 amide bonds. The molecule has 25 heavy (non-hydrogen) atoms. The van der Waals surface area contributed by atoms with Gasteiger partial charge in [-0.15, -0.1) is 0 Å². The van der Waals surface area contributed by atoms with Gasteiger partial charge in [-0.3, -0.25) is 4.98 Å². The first-order valence-corrected chi connectivity index (χ1v) is 7.44. The molecule has 1 aromatic carbocycles. The van der Waals surface area contributed by atoms with E-state index < -0.39 is 17.6 Å². The minimum atomic E-state index is -4.80. The molecule has 2 aromatic rings. The van der Waals surface area contributed by atoms with Crippen LogP contribution in [0.3, 0.4) is 0 Å². The van der Waals surface area contributed by atoms with Gasteiger partial charge in [0, 0.05) is 29.7 Å². The van der Waals surface area contributed by atoms with Gasteiger partial charge in [0.15, 0.2) is 0 Å². The summed E-state index contributed by atoms with van der Waals surface area (Å²) in [6.45, 7) is 2.01. The Morgan fingerprint density at radius 3 is 2.60 bits per heavy atom. The van der Waals surface area contributed by atoms with Crippen molar-refractivity contribution < 1.29 is 22.7 Å². The maximum atomic E-state index is 13.6. The minimum Gasteiger partial charge on any atom is -0.506 e. The Morgan fingerprint density at radius 1 is 1.16 bits per heavy atom. The predicted octanol–water partition coefficient (Wildman–Crippen LogP) is 4.85. The van der Waals surface area contributed by atoms with Gasteiger partial charge < -0.3 is 10.0 Å². The first-order valence-electron chi connectivity index (χ1n) is 7.44. The van der Waals surface area contributed by atoms with E-state index in [1.807, 2.05) is 0 Å². The fourth-order valence-electron chi connectivity index (χ4n) is 2.71. The summed E-state index contributed by atoms with van der Waals surface area (Å²) in [5.74, 6) is -1.42. The molecule has 0 saturated carbocycles. The highest BCUT2D eigenvalue weighted by atomic mass is 19.4. The molecule has 130 valence electrons. The summed E-state index contributed by atoms with van der Waals surface area (Å²) < 4.78 is 52.6. The van der Waals surface area contributed by atoms with Gasteiger partial charge in [-0.2, -0.15) is 13.2 Å². The number of pyridine rings is 1. The first kappa shape index (κ1) is 17.0. The lowest BCUT2D eigenvalue weighted by Gasteiger charge is -2.30. The largest absolute Gasteiger partial charge is 0.506 e. The van der Waals surface area contributed by atoms with Crippen LogP contribution in [0, 0.1) is 12.7 Å². The Kier molecular flexibility index (Phi) is 4.24.